The highest BCUT2D eigenvalue weighted by Gasteiger charge is 2.31. The molecule has 1 aromatic heterocycles. The average Bonchev–Trinajstić information content (AvgIpc) is 3.55. The molecule has 0 radical (unpaired) electrons. The van der Waals surface area contributed by atoms with Crippen LogP contribution in [0.15, 0.2) is 65.1 Å². The molecule has 0 saturated heterocycles. The predicted molar refractivity (Wildman–Crippen MR) is 119 cm³/mol. The number of nitrogens with one attached hydrogen (secondary N) is 1. The molecular weight excluding hydrogens is 395 g/mol. The van der Waals surface area contributed by atoms with Crippen LogP contribution in [0.4, 0.5) is 10.1 Å². The topological polar surface area (TPSA) is 54.7 Å². The Morgan fingerprint density at radius 3 is 2.65 bits per heavy atom. The Morgan fingerprint density at radius 2 is 1.87 bits per heavy atom. The van der Waals surface area contributed by atoms with Gasteiger partial charge in [-0.2, -0.15) is 0 Å². The zero-order valence-electron chi connectivity index (χ0n) is 17.2. The van der Waals surface area contributed by atoms with Gasteiger partial charge in [-0.1, -0.05) is 36.4 Å². The summed E-state index contributed by atoms with van der Waals surface area (Å²) >= 11 is 0. The average molecular weight is 418 g/mol. The number of ether oxygens (including phenoxy) is 1. The highest BCUT2D eigenvalue weighted by atomic mass is 19.1. The van der Waals surface area contributed by atoms with Crippen molar-refractivity contribution in [3.05, 3.63) is 72.0 Å². The van der Waals surface area contributed by atoms with Gasteiger partial charge < -0.3 is 14.5 Å². The number of benzene rings is 3. The van der Waals surface area contributed by atoms with E-state index in [9.17, 15) is 9.18 Å². The number of fused-ring (bicyclic) bond motifs is 3. The zero-order valence-corrected chi connectivity index (χ0v) is 17.2. The highest BCUT2D eigenvalue weighted by molar-refractivity contribution is 6.07. The number of methoxy groups -OCH3 is 1. The molecule has 1 amide bonds. The van der Waals surface area contributed by atoms with E-state index >= 15 is 0 Å². The Balaban J connectivity index is 1.37. The van der Waals surface area contributed by atoms with Gasteiger partial charge in [0.15, 0.2) is 0 Å². The Kier molecular flexibility index (Phi) is 5.08. The van der Waals surface area contributed by atoms with Gasteiger partial charge in [-0.3, -0.25) is 9.69 Å². The summed E-state index contributed by atoms with van der Waals surface area (Å²) in [4.78, 5) is 14.9. The molecule has 1 saturated carbocycles. The van der Waals surface area contributed by atoms with Crippen LogP contribution in [0.2, 0.25) is 0 Å². The van der Waals surface area contributed by atoms with Crippen molar-refractivity contribution in [2.24, 2.45) is 0 Å². The molecule has 31 heavy (non-hydrogen) atoms. The minimum Gasteiger partial charge on any atom is -0.495 e. The van der Waals surface area contributed by atoms with Gasteiger partial charge in [0.1, 0.15) is 22.7 Å². The van der Waals surface area contributed by atoms with Crippen molar-refractivity contribution in [2.45, 2.75) is 25.4 Å². The minimum absolute atomic E-state index is 0.169. The van der Waals surface area contributed by atoms with Crippen molar-refractivity contribution in [3.8, 4) is 5.75 Å². The molecule has 0 unspecified atom stereocenters. The fourth-order valence-electron chi connectivity index (χ4n) is 3.99. The molecule has 0 atom stereocenters. The second-order valence-corrected chi connectivity index (χ2v) is 7.92. The molecule has 158 valence electrons. The summed E-state index contributed by atoms with van der Waals surface area (Å²) < 4.78 is 25.6. The molecular formula is C25H23FN2O3. The smallest absolute Gasteiger partial charge is 0.238 e. The lowest BCUT2D eigenvalue weighted by Crippen LogP contribution is -2.34. The normalized spacial score (nSPS) is 13.8. The summed E-state index contributed by atoms with van der Waals surface area (Å²) in [6, 6.07) is 18.5. The summed E-state index contributed by atoms with van der Waals surface area (Å²) in [6.45, 7) is 0.588. The van der Waals surface area contributed by atoms with Crippen LogP contribution in [0, 0.1) is 5.82 Å². The maximum Gasteiger partial charge on any atom is 0.238 e. The van der Waals surface area contributed by atoms with E-state index in [4.69, 9.17) is 9.15 Å². The van der Waals surface area contributed by atoms with Gasteiger partial charge in [0.25, 0.3) is 0 Å². The van der Waals surface area contributed by atoms with E-state index in [0.29, 0.717) is 35.2 Å². The van der Waals surface area contributed by atoms with E-state index in [2.05, 4.69) is 5.32 Å². The summed E-state index contributed by atoms with van der Waals surface area (Å²) in [5.41, 5.74) is 2.62. The van der Waals surface area contributed by atoms with E-state index in [1.54, 1.807) is 25.3 Å². The molecule has 4 aromatic rings. The van der Waals surface area contributed by atoms with Crippen molar-refractivity contribution in [2.75, 3.05) is 19.0 Å². The number of nitrogens with zero attached hydrogens (tertiary/aromatic N) is 1. The second kappa shape index (κ2) is 8.04. The highest BCUT2D eigenvalue weighted by Crippen LogP contribution is 2.36. The van der Waals surface area contributed by atoms with E-state index in [1.807, 2.05) is 41.3 Å². The quantitative estimate of drug-likeness (QED) is 0.440. The van der Waals surface area contributed by atoms with Gasteiger partial charge in [0.05, 0.1) is 19.3 Å². The maximum absolute atomic E-state index is 14.1. The van der Waals surface area contributed by atoms with E-state index in [0.717, 1.165) is 29.2 Å². The third-order valence-electron chi connectivity index (χ3n) is 5.71. The Hall–Kier alpha value is -3.38. The first-order valence-corrected chi connectivity index (χ1v) is 10.4. The molecule has 1 aliphatic rings. The lowest BCUT2D eigenvalue weighted by atomic mass is 10.1. The van der Waals surface area contributed by atoms with Gasteiger partial charge >= 0.3 is 0 Å². The molecule has 0 spiro atoms. The molecule has 0 aliphatic heterocycles. The fraction of sp³-hybridized carbons (Fsp3) is 0.240. The number of carbonyl (C=O) groups excluding carboxylic acids is 1. The van der Waals surface area contributed by atoms with Gasteiger partial charge in [-0.15, -0.1) is 0 Å². The van der Waals surface area contributed by atoms with Crippen LogP contribution in [0.25, 0.3) is 21.9 Å². The Bertz CT molecular complexity index is 1260. The lowest BCUT2D eigenvalue weighted by molar-refractivity contribution is -0.117. The number of anilines is 1. The van der Waals surface area contributed by atoms with Crippen molar-refractivity contribution in [1.29, 1.82) is 0 Å². The van der Waals surface area contributed by atoms with Crippen LogP contribution in [0.5, 0.6) is 5.75 Å². The molecule has 5 rings (SSSR count). The second-order valence-electron chi connectivity index (χ2n) is 7.92. The monoisotopic (exact) mass is 418 g/mol. The van der Waals surface area contributed by atoms with E-state index in [-0.39, 0.29) is 18.3 Å². The standard InChI is InChI=1S/C25H23FN2O3/c1-30-24-12-19-18-7-3-5-9-22(18)31-23(19)13-21(24)27-25(29)15-28(17-10-11-17)14-16-6-2-4-8-20(16)26/h2-9,12-13,17H,10-11,14-15H2,1H3,(H,27,29). The molecule has 1 fully saturated rings. The van der Waals surface area contributed by atoms with E-state index in [1.165, 1.54) is 6.07 Å². The van der Waals surface area contributed by atoms with Crippen molar-refractivity contribution in [1.82, 2.24) is 4.90 Å². The molecule has 6 heteroatoms. The van der Waals surface area contributed by atoms with Crippen LogP contribution in [0.3, 0.4) is 0 Å². The largest absolute Gasteiger partial charge is 0.495 e. The predicted octanol–water partition coefficient (Wildman–Crippen LogP) is 5.34. The Labute approximate surface area is 179 Å². The number of hydrogen-bond donors (Lipinski definition) is 1. The van der Waals surface area contributed by atoms with Crippen LogP contribution in [-0.2, 0) is 11.3 Å². The Morgan fingerprint density at radius 1 is 1.10 bits per heavy atom. The number of carbonyl (C=O) groups is 1. The van der Waals surface area contributed by atoms with Gasteiger partial charge in [0, 0.05) is 35.0 Å². The minimum atomic E-state index is -0.245. The van der Waals surface area contributed by atoms with Crippen LogP contribution >= 0.6 is 0 Å². The van der Waals surface area contributed by atoms with E-state index < -0.39 is 0 Å². The number of furan rings is 1. The van der Waals surface area contributed by atoms with Crippen molar-refractivity contribution < 1.29 is 18.3 Å². The summed E-state index contributed by atoms with van der Waals surface area (Å²) in [6.07, 6.45) is 2.05. The van der Waals surface area contributed by atoms with Crippen molar-refractivity contribution >= 4 is 33.5 Å². The van der Waals surface area contributed by atoms with Crippen molar-refractivity contribution in [3.63, 3.8) is 0 Å². The van der Waals surface area contributed by atoms with Crippen LogP contribution < -0.4 is 10.1 Å². The summed E-state index contributed by atoms with van der Waals surface area (Å²) in [7, 11) is 1.58. The number of rotatable bonds is 7. The molecule has 3 aromatic carbocycles. The third kappa shape index (κ3) is 3.99. The third-order valence-corrected chi connectivity index (χ3v) is 5.71. The fourth-order valence-corrected chi connectivity index (χ4v) is 3.99. The number of amides is 1. The molecule has 1 heterocycles. The molecule has 0 bridgehead atoms. The first-order chi connectivity index (χ1) is 15.1. The van der Waals surface area contributed by atoms with Gasteiger partial charge in [-0.05, 0) is 31.0 Å². The van der Waals surface area contributed by atoms with Crippen LogP contribution in [-0.4, -0.2) is 30.5 Å². The lowest BCUT2D eigenvalue weighted by Gasteiger charge is -2.22. The zero-order chi connectivity index (χ0) is 21.4. The first-order valence-electron chi connectivity index (χ1n) is 10.4. The molecule has 1 aliphatic carbocycles. The SMILES string of the molecule is COc1cc2c(cc1NC(=O)CN(Cc1ccccc1F)C1CC1)oc1ccccc12. The maximum atomic E-state index is 14.1. The molecule has 1 N–H and O–H groups in total. The number of hydrogen-bond acceptors (Lipinski definition) is 4. The van der Waals surface area contributed by atoms with Gasteiger partial charge in [-0.25, -0.2) is 4.39 Å². The summed E-state index contributed by atoms with van der Waals surface area (Å²) in [5.74, 6) is 0.155. The van der Waals surface area contributed by atoms with Crippen LogP contribution in [0.1, 0.15) is 18.4 Å². The molecule has 5 nitrogen and oxygen atoms in total. The number of para-hydroxylation sites is 1. The van der Waals surface area contributed by atoms with Gasteiger partial charge in [0.2, 0.25) is 5.91 Å². The first kappa shape index (κ1) is 19.6. The number of halogens is 1. The summed E-state index contributed by atoms with van der Waals surface area (Å²) in [5, 5.41) is 4.89.